The molecule has 1 rings (SSSR count). The Labute approximate surface area is 123 Å². The van der Waals surface area contributed by atoms with E-state index >= 15 is 0 Å². The van der Waals surface area contributed by atoms with Crippen LogP contribution in [0.15, 0.2) is 0 Å². The number of piperazine rings is 1. The predicted octanol–water partition coefficient (Wildman–Crippen LogP) is 2.07. The molecule has 0 aliphatic carbocycles. The molecule has 0 radical (unpaired) electrons. The van der Waals surface area contributed by atoms with Gasteiger partial charge >= 0.3 is 5.97 Å². The summed E-state index contributed by atoms with van der Waals surface area (Å²) in [6.45, 7) is 10.4. The van der Waals surface area contributed by atoms with Crippen molar-refractivity contribution in [3.05, 3.63) is 0 Å². The van der Waals surface area contributed by atoms with Crippen molar-refractivity contribution in [3.8, 4) is 0 Å². The summed E-state index contributed by atoms with van der Waals surface area (Å²) < 4.78 is 4.86. The molecule has 0 aromatic carbocycles. The van der Waals surface area contributed by atoms with Crippen LogP contribution in [0.4, 0.5) is 0 Å². The van der Waals surface area contributed by atoms with Gasteiger partial charge in [-0.3, -0.25) is 9.69 Å². The third-order valence-electron chi connectivity index (χ3n) is 3.86. The lowest BCUT2D eigenvalue weighted by Crippen LogP contribution is -2.52. The minimum atomic E-state index is -0.379. The van der Waals surface area contributed by atoms with E-state index in [1.807, 2.05) is 13.8 Å². The van der Waals surface area contributed by atoms with Crippen LogP contribution < -0.4 is 5.32 Å². The largest absolute Gasteiger partial charge is 0.469 e. The Morgan fingerprint density at radius 2 is 2.16 bits per heavy atom. The van der Waals surface area contributed by atoms with Gasteiger partial charge in [0.2, 0.25) is 0 Å². The Balaban J connectivity index is 0.00000324. The maximum atomic E-state index is 11.7. The average Bonchev–Trinajstić information content (AvgIpc) is 2.37. The zero-order chi connectivity index (χ0) is 13.6. The van der Waals surface area contributed by atoms with Gasteiger partial charge < -0.3 is 10.1 Å². The molecule has 114 valence electrons. The zero-order valence-corrected chi connectivity index (χ0v) is 13.5. The van der Waals surface area contributed by atoms with E-state index in [4.69, 9.17) is 4.74 Å². The number of nitrogens with one attached hydrogen (secondary N) is 1. The molecule has 1 atom stereocenters. The predicted molar refractivity (Wildman–Crippen MR) is 80.8 cm³/mol. The van der Waals surface area contributed by atoms with E-state index in [9.17, 15) is 4.79 Å². The molecular formula is C14H29ClN2O2. The van der Waals surface area contributed by atoms with Crippen LogP contribution in [0.1, 0.15) is 40.0 Å². The monoisotopic (exact) mass is 292 g/mol. The minimum absolute atomic E-state index is 0. The summed E-state index contributed by atoms with van der Waals surface area (Å²) in [5, 5.41) is 3.45. The van der Waals surface area contributed by atoms with Crippen LogP contribution in [-0.4, -0.2) is 50.2 Å². The number of ether oxygens (including phenoxy) is 1. The van der Waals surface area contributed by atoms with Crippen molar-refractivity contribution in [2.24, 2.45) is 5.41 Å². The Bertz CT molecular complexity index is 270. The summed E-state index contributed by atoms with van der Waals surface area (Å²) in [7, 11) is 1.47. The van der Waals surface area contributed by atoms with Gasteiger partial charge in [-0.2, -0.15) is 0 Å². The first-order valence-electron chi connectivity index (χ1n) is 7.04. The van der Waals surface area contributed by atoms with Crippen molar-refractivity contribution in [2.45, 2.75) is 46.1 Å². The highest BCUT2D eigenvalue weighted by Gasteiger charge is 2.30. The number of methoxy groups -OCH3 is 1. The highest BCUT2D eigenvalue weighted by molar-refractivity contribution is 5.85. The Morgan fingerprint density at radius 1 is 1.47 bits per heavy atom. The fourth-order valence-corrected chi connectivity index (χ4v) is 2.52. The van der Waals surface area contributed by atoms with Crippen LogP contribution in [0.3, 0.4) is 0 Å². The molecular weight excluding hydrogens is 264 g/mol. The van der Waals surface area contributed by atoms with Gasteiger partial charge in [-0.1, -0.05) is 13.3 Å². The third kappa shape index (κ3) is 5.67. The minimum Gasteiger partial charge on any atom is -0.469 e. The number of hydrogen-bond donors (Lipinski definition) is 1. The average molecular weight is 293 g/mol. The number of rotatable bonds is 6. The van der Waals surface area contributed by atoms with Crippen molar-refractivity contribution in [1.29, 1.82) is 0 Å². The van der Waals surface area contributed by atoms with Crippen molar-refractivity contribution >= 4 is 18.4 Å². The molecule has 1 aliphatic rings. The molecule has 1 unspecified atom stereocenters. The number of carbonyl (C=O) groups is 1. The fourth-order valence-electron chi connectivity index (χ4n) is 2.52. The van der Waals surface area contributed by atoms with E-state index in [0.717, 1.165) is 32.6 Å². The first-order valence-corrected chi connectivity index (χ1v) is 7.04. The lowest BCUT2D eigenvalue weighted by atomic mass is 9.89. The molecule has 0 aromatic heterocycles. The van der Waals surface area contributed by atoms with E-state index in [-0.39, 0.29) is 23.8 Å². The second-order valence-corrected chi connectivity index (χ2v) is 5.81. The van der Waals surface area contributed by atoms with Gasteiger partial charge in [-0.25, -0.2) is 0 Å². The standard InChI is InChI=1S/C14H28N2O2.ClH/c1-5-6-12-11-15-8-10-16(12)9-7-14(2,3)13(17)18-4;/h12,15H,5-11H2,1-4H3;1H. The van der Waals surface area contributed by atoms with E-state index in [1.54, 1.807) is 0 Å². The van der Waals surface area contributed by atoms with Gasteiger partial charge in [0.15, 0.2) is 0 Å². The summed E-state index contributed by atoms with van der Waals surface area (Å²) in [6, 6.07) is 0.622. The molecule has 4 nitrogen and oxygen atoms in total. The molecule has 1 aliphatic heterocycles. The molecule has 0 spiro atoms. The van der Waals surface area contributed by atoms with Gasteiger partial charge in [0.1, 0.15) is 0 Å². The smallest absolute Gasteiger partial charge is 0.311 e. The number of esters is 1. The molecule has 0 bridgehead atoms. The maximum Gasteiger partial charge on any atom is 0.311 e. The lowest BCUT2D eigenvalue weighted by Gasteiger charge is -2.37. The van der Waals surface area contributed by atoms with Crippen LogP contribution >= 0.6 is 12.4 Å². The van der Waals surface area contributed by atoms with Gasteiger partial charge in [-0.15, -0.1) is 12.4 Å². The first-order chi connectivity index (χ1) is 8.51. The Kier molecular flexibility index (Phi) is 8.62. The third-order valence-corrected chi connectivity index (χ3v) is 3.86. The van der Waals surface area contributed by atoms with Gasteiger partial charge in [0.25, 0.3) is 0 Å². The van der Waals surface area contributed by atoms with Crippen LogP contribution in [0.25, 0.3) is 0 Å². The molecule has 1 heterocycles. The highest BCUT2D eigenvalue weighted by Crippen LogP contribution is 2.23. The molecule has 0 saturated carbocycles. The normalized spacial score (nSPS) is 20.7. The Morgan fingerprint density at radius 3 is 2.74 bits per heavy atom. The second kappa shape index (κ2) is 8.77. The summed E-state index contributed by atoms with van der Waals surface area (Å²) >= 11 is 0. The Hall–Kier alpha value is -0.320. The topological polar surface area (TPSA) is 41.6 Å². The summed E-state index contributed by atoms with van der Waals surface area (Å²) in [5.41, 5.74) is -0.379. The number of carbonyl (C=O) groups excluding carboxylic acids is 1. The molecule has 0 amide bonds. The van der Waals surface area contributed by atoms with E-state index < -0.39 is 0 Å². The van der Waals surface area contributed by atoms with Crippen LogP contribution in [0, 0.1) is 5.41 Å². The summed E-state index contributed by atoms with van der Waals surface area (Å²) in [4.78, 5) is 14.2. The van der Waals surface area contributed by atoms with Crippen molar-refractivity contribution in [2.75, 3.05) is 33.3 Å². The van der Waals surface area contributed by atoms with Crippen molar-refractivity contribution < 1.29 is 9.53 Å². The van der Waals surface area contributed by atoms with Gasteiger partial charge in [0.05, 0.1) is 12.5 Å². The van der Waals surface area contributed by atoms with Crippen LogP contribution in [0.5, 0.6) is 0 Å². The van der Waals surface area contributed by atoms with Gasteiger partial charge in [-0.05, 0) is 33.2 Å². The highest BCUT2D eigenvalue weighted by atomic mass is 35.5. The molecule has 1 fully saturated rings. The molecule has 1 N–H and O–H groups in total. The van der Waals surface area contributed by atoms with Crippen LogP contribution in [0.2, 0.25) is 0 Å². The van der Waals surface area contributed by atoms with E-state index in [1.165, 1.54) is 20.0 Å². The number of nitrogens with zero attached hydrogens (tertiary/aromatic N) is 1. The van der Waals surface area contributed by atoms with Crippen molar-refractivity contribution in [3.63, 3.8) is 0 Å². The fraction of sp³-hybridized carbons (Fsp3) is 0.929. The van der Waals surface area contributed by atoms with E-state index in [2.05, 4.69) is 17.1 Å². The molecule has 1 saturated heterocycles. The molecule has 19 heavy (non-hydrogen) atoms. The lowest BCUT2D eigenvalue weighted by molar-refractivity contribution is -0.151. The van der Waals surface area contributed by atoms with Crippen LogP contribution in [-0.2, 0) is 9.53 Å². The van der Waals surface area contributed by atoms with Gasteiger partial charge in [0, 0.05) is 25.7 Å². The van der Waals surface area contributed by atoms with Crippen molar-refractivity contribution in [1.82, 2.24) is 10.2 Å². The summed E-state index contributed by atoms with van der Waals surface area (Å²) in [5.74, 6) is -0.107. The zero-order valence-electron chi connectivity index (χ0n) is 12.7. The van der Waals surface area contributed by atoms with E-state index in [0.29, 0.717) is 6.04 Å². The quantitative estimate of drug-likeness (QED) is 0.761. The second-order valence-electron chi connectivity index (χ2n) is 5.81. The number of hydrogen-bond acceptors (Lipinski definition) is 4. The first kappa shape index (κ1) is 18.7. The number of halogens is 1. The summed E-state index contributed by atoms with van der Waals surface area (Å²) in [6.07, 6.45) is 3.30. The molecule has 5 heteroatoms. The maximum absolute atomic E-state index is 11.7. The SMILES string of the molecule is CCCC1CNCCN1CCC(C)(C)C(=O)OC.Cl. The molecule has 0 aromatic rings.